The Hall–Kier alpha value is -2.60. The Morgan fingerprint density at radius 3 is 2.42 bits per heavy atom. The highest BCUT2D eigenvalue weighted by molar-refractivity contribution is 7.80. The molecule has 0 aliphatic rings. The molecule has 2 rings (SSSR count). The van der Waals surface area contributed by atoms with Crippen LogP contribution in [-0.2, 0) is 0 Å². The number of carbonyl (C=O) groups is 1. The van der Waals surface area contributed by atoms with E-state index in [1.54, 1.807) is 18.2 Å². The molecule has 0 saturated heterocycles. The molecule has 0 aliphatic carbocycles. The van der Waals surface area contributed by atoms with E-state index < -0.39 is 0 Å². The molecule has 0 aromatic heterocycles. The average molecular weight is 443 g/mol. The molecule has 2 aromatic rings. The van der Waals surface area contributed by atoms with Crippen LogP contribution in [-0.4, -0.2) is 24.2 Å². The topological polar surface area (TPSA) is 59.6 Å². The van der Waals surface area contributed by atoms with Crippen LogP contribution in [0.25, 0.3) is 0 Å². The summed E-state index contributed by atoms with van der Waals surface area (Å²) in [6, 6.07) is 14.7. The van der Waals surface area contributed by atoms with Crippen molar-refractivity contribution in [2.24, 2.45) is 5.92 Å². The summed E-state index contributed by atoms with van der Waals surface area (Å²) >= 11 is 5.31. The summed E-state index contributed by atoms with van der Waals surface area (Å²) in [4.78, 5) is 12.6. The van der Waals surface area contributed by atoms with Crippen molar-refractivity contribution in [1.82, 2.24) is 5.32 Å². The molecule has 0 unspecified atom stereocenters. The van der Waals surface area contributed by atoms with Gasteiger partial charge in [0.1, 0.15) is 11.5 Å². The first kappa shape index (κ1) is 24.7. The molecule has 0 saturated carbocycles. The molecule has 0 radical (unpaired) electrons. The van der Waals surface area contributed by atoms with Crippen molar-refractivity contribution < 1.29 is 14.3 Å². The van der Waals surface area contributed by atoms with Gasteiger partial charge >= 0.3 is 0 Å². The van der Waals surface area contributed by atoms with Gasteiger partial charge in [0.25, 0.3) is 5.91 Å². The number of thiocarbonyl (C=S) groups is 1. The lowest BCUT2D eigenvalue weighted by molar-refractivity contribution is 0.0977. The second kappa shape index (κ2) is 13.7. The van der Waals surface area contributed by atoms with Crippen LogP contribution in [0.4, 0.5) is 5.69 Å². The van der Waals surface area contributed by atoms with E-state index >= 15 is 0 Å². The fraction of sp³-hybridized carbons (Fsp3) is 0.440. The molecular weight excluding hydrogens is 408 g/mol. The Morgan fingerprint density at radius 2 is 1.68 bits per heavy atom. The molecule has 0 heterocycles. The lowest BCUT2D eigenvalue weighted by Crippen LogP contribution is -2.34. The molecule has 6 heteroatoms. The van der Waals surface area contributed by atoms with E-state index in [0.717, 1.165) is 24.3 Å². The van der Waals surface area contributed by atoms with E-state index in [1.165, 1.54) is 19.3 Å². The average Bonchev–Trinajstić information content (AvgIpc) is 2.74. The SMILES string of the molecule is CCCCCCOc1cccc(NC(=S)NC(=O)c2cccc(OCCC(C)C)c2)c1. The van der Waals surface area contributed by atoms with Crippen LogP contribution in [0.3, 0.4) is 0 Å². The Kier molecular flexibility index (Phi) is 10.9. The number of carbonyl (C=O) groups excluding carboxylic acids is 1. The number of amides is 1. The minimum atomic E-state index is -0.282. The van der Waals surface area contributed by atoms with Gasteiger partial charge in [0.2, 0.25) is 0 Å². The van der Waals surface area contributed by atoms with E-state index in [4.69, 9.17) is 21.7 Å². The smallest absolute Gasteiger partial charge is 0.257 e. The summed E-state index contributed by atoms with van der Waals surface area (Å²) in [5, 5.41) is 5.99. The highest BCUT2D eigenvalue weighted by atomic mass is 32.1. The maximum atomic E-state index is 12.6. The predicted molar refractivity (Wildman–Crippen MR) is 131 cm³/mol. The molecule has 0 fully saturated rings. The highest BCUT2D eigenvalue weighted by Gasteiger charge is 2.10. The first-order chi connectivity index (χ1) is 15.0. The summed E-state index contributed by atoms with van der Waals surface area (Å²) in [6.07, 6.45) is 5.62. The molecule has 31 heavy (non-hydrogen) atoms. The summed E-state index contributed by atoms with van der Waals surface area (Å²) in [6.45, 7) is 7.81. The van der Waals surface area contributed by atoms with Crippen molar-refractivity contribution in [3.8, 4) is 11.5 Å². The van der Waals surface area contributed by atoms with Gasteiger partial charge in [-0.15, -0.1) is 0 Å². The number of rotatable bonds is 12. The van der Waals surface area contributed by atoms with Crippen molar-refractivity contribution in [2.45, 2.75) is 52.9 Å². The molecule has 5 nitrogen and oxygen atoms in total. The monoisotopic (exact) mass is 442 g/mol. The van der Waals surface area contributed by atoms with Gasteiger partial charge in [-0.05, 0) is 61.3 Å². The standard InChI is InChI=1S/C25H34N2O3S/c1-4-5-6-7-15-29-23-13-9-11-21(18-23)26-25(31)27-24(28)20-10-8-12-22(17-20)30-16-14-19(2)3/h8-13,17-19H,4-7,14-16H2,1-3H3,(H2,26,27,28,31). The Balaban J connectivity index is 1.84. The lowest BCUT2D eigenvalue weighted by atomic mass is 10.1. The molecule has 1 amide bonds. The molecule has 0 spiro atoms. The maximum Gasteiger partial charge on any atom is 0.257 e. The predicted octanol–water partition coefficient (Wildman–Crippen LogP) is 6.20. The molecule has 2 aromatic carbocycles. The van der Waals surface area contributed by atoms with Crippen LogP contribution < -0.4 is 20.1 Å². The summed E-state index contributed by atoms with van der Waals surface area (Å²) in [7, 11) is 0. The van der Waals surface area contributed by atoms with Gasteiger partial charge in [0.05, 0.1) is 13.2 Å². The third-order valence-electron chi connectivity index (χ3n) is 4.65. The molecule has 0 aliphatic heterocycles. The molecular formula is C25H34N2O3S. The van der Waals surface area contributed by atoms with Crippen molar-refractivity contribution >= 4 is 28.9 Å². The van der Waals surface area contributed by atoms with Crippen LogP contribution in [0.2, 0.25) is 0 Å². The van der Waals surface area contributed by atoms with Gasteiger partial charge in [-0.1, -0.05) is 52.2 Å². The van der Waals surface area contributed by atoms with Crippen LogP contribution in [0, 0.1) is 5.92 Å². The molecule has 0 bridgehead atoms. The Labute approximate surface area is 191 Å². The third-order valence-corrected chi connectivity index (χ3v) is 4.85. The zero-order valence-corrected chi connectivity index (χ0v) is 19.6. The molecule has 2 N–H and O–H groups in total. The number of nitrogens with one attached hydrogen (secondary N) is 2. The zero-order valence-electron chi connectivity index (χ0n) is 18.8. The summed E-state index contributed by atoms with van der Waals surface area (Å²) in [5.74, 6) is 1.74. The normalized spacial score (nSPS) is 10.6. The van der Waals surface area contributed by atoms with Gasteiger partial charge in [-0.2, -0.15) is 0 Å². The highest BCUT2D eigenvalue weighted by Crippen LogP contribution is 2.18. The lowest BCUT2D eigenvalue weighted by Gasteiger charge is -2.12. The zero-order chi connectivity index (χ0) is 22.5. The van der Waals surface area contributed by atoms with E-state index in [2.05, 4.69) is 31.4 Å². The van der Waals surface area contributed by atoms with E-state index in [9.17, 15) is 4.79 Å². The minimum Gasteiger partial charge on any atom is -0.494 e. The Morgan fingerprint density at radius 1 is 0.968 bits per heavy atom. The van der Waals surface area contributed by atoms with Gasteiger partial charge in [-0.3, -0.25) is 10.1 Å². The number of hydrogen-bond donors (Lipinski definition) is 2. The van der Waals surface area contributed by atoms with Crippen LogP contribution >= 0.6 is 12.2 Å². The summed E-state index contributed by atoms with van der Waals surface area (Å²) < 4.78 is 11.5. The number of benzene rings is 2. The molecule has 0 atom stereocenters. The van der Waals surface area contributed by atoms with Gasteiger partial charge in [0.15, 0.2) is 5.11 Å². The number of ether oxygens (including phenoxy) is 2. The largest absolute Gasteiger partial charge is 0.494 e. The van der Waals surface area contributed by atoms with Gasteiger partial charge < -0.3 is 14.8 Å². The second-order valence-electron chi connectivity index (χ2n) is 7.90. The number of hydrogen-bond acceptors (Lipinski definition) is 4. The van der Waals surface area contributed by atoms with Gasteiger partial charge in [0, 0.05) is 17.3 Å². The molecule has 168 valence electrons. The Bertz CT molecular complexity index is 839. The van der Waals surface area contributed by atoms with Crippen LogP contribution in [0.5, 0.6) is 11.5 Å². The van der Waals surface area contributed by atoms with Crippen LogP contribution in [0.15, 0.2) is 48.5 Å². The van der Waals surface area contributed by atoms with Crippen molar-refractivity contribution in [3.63, 3.8) is 0 Å². The van der Waals surface area contributed by atoms with Crippen molar-refractivity contribution in [1.29, 1.82) is 0 Å². The maximum absolute atomic E-state index is 12.6. The third kappa shape index (κ3) is 9.83. The number of unbranched alkanes of at least 4 members (excludes halogenated alkanes) is 3. The fourth-order valence-corrected chi connectivity index (χ4v) is 3.07. The van der Waals surface area contributed by atoms with Crippen molar-refractivity contribution in [3.05, 3.63) is 54.1 Å². The summed E-state index contributed by atoms with van der Waals surface area (Å²) in [5.41, 5.74) is 1.26. The second-order valence-corrected chi connectivity index (χ2v) is 8.31. The van der Waals surface area contributed by atoms with E-state index in [1.807, 2.05) is 30.3 Å². The fourth-order valence-electron chi connectivity index (χ4n) is 2.86. The van der Waals surface area contributed by atoms with Crippen molar-refractivity contribution in [2.75, 3.05) is 18.5 Å². The first-order valence-electron chi connectivity index (χ1n) is 11.1. The van der Waals surface area contributed by atoms with Gasteiger partial charge in [-0.25, -0.2) is 0 Å². The van der Waals surface area contributed by atoms with Crippen LogP contribution in [0.1, 0.15) is 63.2 Å². The van der Waals surface area contributed by atoms with E-state index in [-0.39, 0.29) is 11.0 Å². The number of anilines is 1. The minimum absolute atomic E-state index is 0.233. The quantitative estimate of drug-likeness (QED) is 0.303. The van der Waals surface area contributed by atoms with E-state index in [0.29, 0.717) is 30.4 Å². The first-order valence-corrected chi connectivity index (χ1v) is 11.5.